The fourth-order valence-corrected chi connectivity index (χ4v) is 3.37. The molecule has 0 radical (unpaired) electrons. The number of nitrogens with one attached hydrogen (secondary N) is 1. The second-order valence-corrected chi connectivity index (χ2v) is 6.61. The molecular weight excluding hydrogens is 334 g/mol. The average molecular weight is 353 g/mol. The first-order valence-electron chi connectivity index (χ1n) is 7.97. The van der Waals surface area contributed by atoms with Crippen LogP contribution in [0.3, 0.4) is 0 Å². The van der Waals surface area contributed by atoms with Crippen LogP contribution in [0.4, 0.5) is 5.69 Å². The number of hydrogen-bond donors (Lipinski definition) is 1. The minimum absolute atomic E-state index is 0.135. The van der Waals surface area contributed by atoms with Gasteiger partial charge >= 0.3 is 0 Å². The molecule has 1 aromatic carbocycles. The molecule has 5 nitrogen and oxygen atoms in total. The number of nitrogens with zero attached hydrogens (tertiary/aromatic N) is 2. The Labute approximate surface area is 150 Å². The molecule has 128 valence electrons. The number of carbonyl (C=O) groups is 1. The lowest BCUT2D eigenvalue weighted by Crippen LogP contribution is -2.11. The van der Waals surface area contributed by atoms with Crippen LogP contribution in [-0.2, 0) is 12.8 Å². The summed E-state index contributed by atoms with van der Waals surface area (Å²) in [5.74, 6) is 0.619. The second kappa shape index (κ2) is 7.90. The highest BCUT2D eigenvalue weighted by molar-refractivity contribution is 7.13. The quantitative estimate of drug-likeness (QED) is 0.730. The molecule has 0 saturated carbocycles. The molecule has 3 aromatic rings. The first kappa shape index (κ1) is 17.1. The van der Waals surface area contributed by atoms with E-state index in [0.29, 0.717) is 4.88 Å². The Balaban J connectivity index is 1.65. The first-order valence-corrected chi connectivity index (χ1v) is 8.79. The monoisotopic (exact) mass is 353 g/mol. The molecular formula is C19H19N3O2S. The summed E-state index contributed by atoms with van der Waals surface area (Å²) in [5.41, 5.74) is 2.51. The molecule has 1 amide bonds. The van der Waals surface area contributed by atoms with Crippen LogP contribution in [0.1, 0.15) is 26.1 Å². The van der Waals surface area contributed by atoms with Crippen LogP contribution in [0.2, 0.25) is 0 Å². The van der Waals surface area contributed by atoms with Gasteiger partial charge in [-0.15, -0.1) is 11.3 Å². The van der Waals surface area contributed by atoms with Crippen molar-refractivity contribution >= 4 is 22.9 Å². The van der Waals surface area contributed by atoms with Gasteiger partial charge in [-0.2, -0.15) is 0 Å². The van der Waals surface area contributed by atoms with Gasteiger partial charge in [0.05, 0.1) is 17.8 Å². The Kier molecular flexibility index (Phi) is 5.40. The fraction of sp³-hybridized carbons (Fsp3) is 0.211. The lowest BCUT2D eigenvalue weighted by molar-refractivity contribution is 0.103. The Bertz CT molecular complexity index is 845. The molecule has 0 spiro atoms. The number of ether oxygens (including phenoxy) is 1. The lowest BCUT2D eigenvalue weighted by atomic mass is 10.2. The van der Waals surface area contributed by atoms with Crippen molar-refractivity contribution < 1.29 is 9.53 Å². The van der Waals surface area contributed by atoms with Crippen LogP contribution in [0.5, 0.6) is 5.75 Å². The third kappa shape index (κ3) is 4.42. The molecule has 1 N–H and O–H groups in total. The maximum absolute atomic E-state index is 12.5. The standard InChI is InChI=1S/C19H19N3O2S/c1-13-18(19(23)22-15-6-9-16(24-2)10-7-15)25-17(21-13)11-8-14-5-3-4-12-20-14/h3-7,9-10,12H,8,11H2,1-2H3,(H,22,23). The van der Waals surface area contributed by atoms with E-state index in [1.807, 2.05) is 49.4 Å². The van der Waals surface area contributed by atoms with Crippen molar-refractivity contribution in [3.8, 4) is 5.75 Å². The molecule has 25 heavy (non-hydrogen) atoms. The molecule has 0 aliphatic heterocycles. The summed E-state index contributed by atoms with van der Waals surface area (Å²) < 4.78 is 5.12. The third-order valence-corrected chi connectivity index (χ3v) is 4.93. The van der Waals surface area contributed by atoms with E-state index >= 15 is 0 Å². The molecule has 3 rings (SSSR count). The molecule has 2 aromatic heterocycles. The highest BCUT2D eigenvalue weighted by atomic mass is 32.1. The third-order valence-electron chi connectivity index (χ3n) is 3.72. The minimum Gasteiger partial charge on any atom is -0.497 e. The van der Waals surface area contributed by atoms with Crippen LogP contribution in [-0.4, -0.2) is 23.0 Å². The number of rotatable bonds is 6. The van der Waals surface area contributed by atoms with E-state index in [2.05, 4.69) is 15.3 Å². The van der Waals surface area contributed by atoms with Crippen molar-refractivity contribution in [3.63, 3.8) is 0 Å². The lowest BCUT2D eigenvalue weighted by Gasteiger charge is -2.05. The summed E-state index contributed by atoms with van der Waals surface area (Å²) in [6, 6.07) is 13.1. The Morgan fingerprint density at radius 1 is 1.16 bits per heavy atom. The molecule has 0 unspecified atom stereocenters. The largest absolute Gasteiger partial charge is 0.497 e. The number of aromatic nitrogens is 2. The smallest absolute Gasteiger partial charge is 0.267 e. The van der Waals surface area contributed by atoms with Crippen molar-refractivity contribution in [1.82, 2.24) is 9.97 Å². The van der Waals surface area contributed by atoms with Crippen LogP contribution >= 0.6 is 11.3 Å². The number of hydrogen-bond acceptors (Lipinski definition) is 5. The highest BCUT2D eigenvalue weighted by Gasteiger charge is 2.15. The van der Waals surface area contributed by atoms with E-state index in [4.69, 9.17) is 4.74 Å². The summed E-state index contributed by atoms with van der Waals surface area (Å²) >= 11 is 1.44. The van der Waals surface area contributed by atoms with Gasteiger partial charge in [-0.1, -0.05) is 6.07 Å². The predicted octanol–water partition coefficient (Wildman–Crippen LogP) is 3.89. The van der Waals surface area contributed by atoms with Crippen molar-refractivity contribution in [3.05, 3.63) is 69.9 Å². The fourth-order valence-electron chi connectivity index (χ4n) is 2.41. The van der Waals surface area contributed by atoms with E-state index in [0.717, 1.165) is 40.7 Å². The van der Waals surface area contributed by atoms with Crippen LogP contribution in [0.25, 0.3) is 0 Å². The van der Waals surface area contributed by atoms with E-state index in [-0.39, 0.29) is 5.91 Å². The van der Waals surface area contributed by atoms with Gasteiger partial charge in [0.15, 0.2) is 0 Å². The number of amides is 1. The van der Waals surface area contributed by atoms with Crippen LogP contribution in [0, 0.1) is 6.92 Å². The number of anilines is 1. The normalized spacial score (nSPS) is 10.5. The zero-order valence-electron chi connectivity index (χ0n) is 14.2. The number of aryl methyl sites for hydroxylation is 3. The van der Waals surface area contributed by atoms with Crippen molar-refractivity contribution in [2.45, 2.75) is 19.8 Å². The summed E-state index contributed by atoms with van der Waals surface area (Å²) in [7, 11) is 1.61. The number of methoxy groups -OCH3 is 1. The maximum atomic E-state index is 12.5. The Hall–Kier alpha value is -2.73. The summed E-state index contributed by atoms with van der Waals surface area (Å²) in [5, 5.41) is 3.85. The highest BCUT2D eigenvalue weighted by Crippen LogP contribution is 2.22. The zero-order valence-corrected chi connectivity index (χ0v) is 15.0. The molecule has 0 bridgehead atoms. The van der Waals surface area contributed by atoms with Gasteiger partial charge in [0.25, 0.3) is 5.91 Å². The summed E-state index contributed by atoms with van der Waals surface area (Å²) in [4.78, 5) is 22.0. The van der Waals surface area contributed by atoms with Gasteiger partial charge in [0.1, 0.15) is 10.6 Å². The number of carbonyl (C=O) groups excluding carboxylic acids is 1. The number of pyridine rings is 1. The second-order valence-electron chi connectivity index (χ2n) is 5.53. The van der Waals surface area contributed by atoms with E-state index in [9.17, 15) is 4.79 Å². The van der Waals surface area contributed by atoms with E-state index < -0.39 is 0 Å². The molecule has 0 atom stereocenters. The van der Waals surface area contributed by atoms with Gasteiger partial charge in [0, 0.05) is 24.0 Å². The van der Waals surface area contributed by atoms with E-state index in [1.54, 1.807) is 13.3 Å². The first-order chi connectivity index (χ1) is 12.2. The van der Waals surface area contributed by atoms with Gasteiger partial charge in [-0.25, -0.2) is 4.98 Å². The topological polar surface area (TPSA) is 64.1 Å². The Morgan fingerprint density at radius 3 is 2.64 bits per heavy atom. The van der Waals surface area contributed by atoms with E-state index in [1.165, 1.54) is 11.3 Å². The zero-order chi connectivity index (χ0) is 17.6. The molecule has 2 heterocycles. The Morgan fingerprint density at radius 2 is 1.96 bits per heavy atom. The number of thiazole rings is 1. The molecule has 0 aliphatic rings. The number of benzene rings is 1. The van der Waals surface area contributed by atoms with Crippen molar-refractivity contribution in [1.29, 1.82) is 0 Å². The summed E-state index contributed by atoms with van der Waals surface area (Å²) in [6.07, 6.45) is 3.38. The molecule has 6 heteroatoms. The average Bonchev–Trinajstić information content (AvgIpc) is 3.02. The van der Waals surface area contributed by atoms with Gasteiger partial charge < -0.3 is 10.1 Å². The van der Waals surface area contributed by atoms with Crippen molar-refractivity contribution in [2.75, 3.05) is 12.4 Å². The predicted molar refractivity (Wildman–Crippen MR) is 99.4 cm³/mol. The summed E-state index contributed by atoms with van der Waals surface area (Å²) in [6.45, 7) is 1.86. The minimum atomic E-state index is -0.135. The van der Waals surface area contributed by atoms with Crippen molar-refractivity contribution in [2.24, 2.45) is 0 Å². The maximum Gasteiger partial charge on any atom is 0.267 e. The van der Waals surface area contributed by atoms with Gasteiger partial charge in [-0.3, -0.25) is 9.78 Å². The van der Waals surface area contributed by atoms with Crippen LogP contribution in [0.15, 0.2) is 48.7 Å². The molecule has 0 aliphatic carbocycles. The van der Waals surface area contributed by atoms with Gasteiger partial charge in [-0.05, 0) is 49.7 Å². The van der Waals surface area contributed by atoms with Crippen LogP contribution < -0.4 is 10.1 Å². The SMILES string of the molecule is COc1ccc(NC(=O)c2sc(CCc3ccccn3)nc2C)cc1. The molecule has 0 fully saturated rings. The van der Waals surface area contributed by atoms with Gasteiger partial charge in [0.2, 0.25) is 0 Å². The molecule has 0 saturated heterocycles.